The van der Waals surface area contributed by atoms with Crippen LogP contribution in [-0.4, -0.2) is 38.3 Å². The summed E-state index contributed by atoms with van der Waals surface area (Å²) in [6, 6.07) is 2.70. The Morgan fingerprint density at radius 1 is 1.37 bits per heavy atom. The molecule has 1 N–H and O–H groups in total. The van der Waals surface area contributed by atoms with Gasteiger partial charge in [-0.3, -0.25) is 0 Å². The van der Waals surface area contributed by atoms with Crippen LogP contribution in [0.3, 0.4) is 0 Å². The third-order valence-corrected chi connectivity index (χ3v) is 3.88. The van der Waals surface area contributed by atoms with Gasteiger partial charge in [0.15, 0.2) is 0 Å². The molecule has 106 valence electrons. The molecule has 0 bridgehead atoms. The lowest BCUT2D eigenvalue weighted by Gasteiger charge is -2.33. The minimum atomic E-state index is 0.540. The molecule has 1 aromatic heterocycles. The summed E-state index contributed by atoms with van der Waals surface area (Å²) in [4.78, 5) is 7.12. The zero-order valence-electron chi connectivity index (χ0n) is 12.5. The summed E-state index contributed by atoms with van der Waals surface area (Å²) in [5.74, 6) is 1.12. The van der Waals surface area contributed by atoms with Gasteiger partial charge in [-0.15, -0.1) is 0 Å². The van der Waals surface area contributed by atoms with Crippen LogP contribution in [0.5, 0.6) is 0 Å². The first-order chi connectivity index (χ1) is 9.13. The van der Waals surface area contributed by atoms with E-state index in [9.17, 15) is 0 Å². The van der Waals surface area contributed by atoms with Gasteiger partial charge in [0.25, 0.3) is 0 Å². The molecular weight excluding hydrogens is 238 g/mol. The molecule has 0 amide bonds. The number of ether oxygens (including phenoxy) is 1. The number of hydrogen-bond donors (Lipinski definition) is 1. The zero-order valence-corrected chi connectivity index (χ0v) is 12.5. The van der Waals surface area contributed by atoms with E-state index in [0.717, 1.165) is 44.1 Å². The maximum absolute atomic E-state index is 5.45. The lowest BCUT2D eigenvalue weighted by molar-refractivity contribution is 0.0853. The van der Waals surface area contributed by atoms with Crippen LogP contribution in [0, 0.1) is 13.8 Å². The Labute approximate surface area is 116 Å². The van der Waals surface area contributed by atoms with E-state index in [-0.39, 0.29) is 0 Å². The molecule has 1 fully saturated rings. The number of aromatic nitrogens is 1. The molecule has 4 nitrogen and oxygen atoms in total. The van der Waals surface area contributed by atoms with Crippen LogP contribution >= 0.6 is 0 Å². The number of hydrogen-bond acceptors (Lipinski definition) is 4. The van der Waals surface area contributed by atoms with Gasteiger partial charge in [-0.1, -0.05) is 0 Å². The highest BCUT2D eigenvalue weighted by molar-refractivity contribution is 5.52. The number of nitrogens with zero attached hydrogens (tertiary/aromatic N) is 2. The van der Waals surface area contributed by atoms with E-state index in [1.165, 1.54) is 11.1 Å². The van der Waals surface area contributed by atoms with E-state index >= 15 is 0 Å². The van der Waals surface area contributed by atoms with Crippen molar-refractivity contribution < 1.29 is 4.74 Å². The normalized spacial score (nSPS) is 16.6. The summed E-state index contributed by atoms with van der Waals surface area (Å²) < 4.78 is 5.45. The van der Waals surface area contributed by atoms with Crippen molar-refractivity contribution in [3.8, 4) is 0 Å². The fourth-order valence-corrected chi connectivity index (χ4v) is 2.78. The van der Waals surface area contributed by atoms with Crippen LogP contribution in [-0.2, 0) is 11.3 Å². The molecule has 1 saturated heterocycles. The van der Waals surface area contributed by atoms with Gasteiger partial charge in [0, 0.05) is 44.1 Å². The van der Waals surface area contributed by atoms with E-state index in [1.54, 1.807) is 0 Å². The summed E-state index contributed by atoms with van der Waals surface area (Å²) in [5, 5.41) is 3.25. The van der Waals surface area contributed by atoms with Gasteiger partial charge in [0.05, 0.1) is 0 Å². The average Bonchev–Trinajstić information content (AvgIpc) is 2.42. The quantitative estimate of drug-likeness (QED) is 0.902. The van der Waals surface area contributed by atoms with Gasteiger partial charge in [-0.2, -0.15) is 0 Å². The van der Waals surface area contributed by atoms with Gasteiger partial charge < -0.3 is 15.0 Å². The summed E-state index contributed by atoms with van der Waals surface area (Å²) in [5.41, 5.74) is 3.71. The molecule has 1 aliphatic rings. The van der Waals surface area contributed by atoms with Crippen molar-refractivity contribution in [2.24, 2.45) is 0 Å². The van der Waals surface area contributed by atoms with Crippen molar-refractivity contribution >= 4 is 5.82 Å². The topological polar surface area (TPSA) is 37.4 Å². The lowest BCUT2D eigenvalue weighted by Crippen LogP contribution is -2.38. The maximum atomic E-state index is 5.45. The fourth-order valence-electron chi connectivity index (χ4n) is 2.78. The lowest BCUT2D eigenvalue weighted by atomic mass is 10.0. The van der Waals surface area contributed by atoms with Crippen LogP contribution in [0.15, 0.2) is 6.07 Å². The van der Waals surface area contributed by atoms with Crippen LogP contribution in [0.2, 0.25) is 0 Å². The second-order valence-electron chi connectivity index (χ2n) is 5.37. The Morgan fingerprint density at radius 3 is 2.68 bits per heavy atom. The van der Waals surface area contributed by atoms with Crippen molar-refractivity contribution in [2.45, 2.75) is 39.3 Å². The standard InChI is InChI=1S/C15H25N3O/c1-11-9-12(2)17-15(14(11)10-16-3)18(4)13-5-7-19-8-6-13/h9,13,16H,5-8,10H2,1-4H3. The van der Waals surface area contributed by atoms with Gasteiger partial charge in [0.1, 0.15) is 5.82 Å². The van der Waals surface area contributed by atoms with Crippen LogP contribution in [0.25, 0.3) is 0 Å². The summed E-state index contributed by atoms with van der Waals surface area (Å²) in [6.45, 7) is 6.82. The minimum absolute atomic E-state index is 0.540. The van der Waals surface area contributed by atoms with E-state index in [1.807, 2.05) is 7.05 Å². The first kappa shape index (κ1) is 14.3. The summed E-state index contributed by atoms with van der Waals surface area (Å²) in [7, 11) is 4.15. The van der Waals surface area contributed by atoms with Gasteiger partial charge in [-0.05, 0) is 45.4 Å². The summed E-state index contributed by atoms with van der Waals surface area (Å²) in [6.07, 6.45) is 2.17. The molecule has 0 saturated carbocycles. The number of aryl methyl sites for hydroxylation is 2. The molecule has 0 radical (unpaired) electrons. The molecule has 0 aliphatic carbocycles. The summed E-state index contributed by atoms with van der Waals surface area (Å²) >= 11 is 0. The van der Waals surface area contributed by atoms with E-state index in [0.29, 0.717) is 6.04 Å². The van der Waals surface area contributed by atoms with E-state index in [2.05, 4.69) is 37.2 Å². The molecule has 1 aliphatic heterocycles. The van der Waals surface area contributed by atoms with E-state index < -0.39 is 0 Å². The average molecular weight is 263 g/mol. The van der Waals surface area contributed by atoms with Crippen molar-refractivity contribution in [1.82, 2.24) is 10.3 Å². The molecule has 1 aromatic rings. The van der Waals surface area contributed by atoms with Crippen molar-refractivity contribution in [1.29, 1.82) is 0 Å². The highest BCUT2D eigenvalue weighted by Crippen LogP contribution is 2.26. The largest absolute Gasteiger partial charge is 0.381 e. The third kappa shape index (κ3) is 3.25. The molecule has 19 heavy (non-hydrogen) atoms. The van der Waals surface area contributed by atoms with E-state index in [4.69, 9.17) is 9.72 Å². The third-order valence-electron chi connectivity index (χ3n) is 3.88. The Hall–Kier alpha value is -1.13. The first-order valence-corrected chi connectivity index (χ1v) is 7.05. The van der Waals surface area contributed by atoms with Gasteiger partial charge in [-0.25, -0.2) is 4.98 Å². The molecule has 2 rings (SSSR count). The predicted octanol–water partition coefficient (Wildman–Crippen LogP) is 2.03. The minimum Gasteiger partial charge on any atom is -0.381 e. The SMILES string of the molecule is CNCc1c(C)cc(C)nc1N(C)C1CCOCC1. The molecule has 2 heterocycles. The molecular formula is C15H25N3O. The first-order valence-electron chi connectivity index (χ1n) is 7.05. The molecule has 0 aromatic carbocycles. The zero-order chi connectivity index (χ0) is 13.8. The number of pyridine rings is 1. The monoisotopic (exact) mass is 263 g/mol. The number of rotatable bonds is 4. The second-order valence-corrected chi connectivity index (χ2v) is 5.37. The van der Waals surface area contributed by atoms with Crippen LogP contribution in [0.4, 0.5) is 5.82 Å². The molecule has 0 spiro atoms. The van der Waals surface area contributed by atoms with Crippen molar-refractivity contribution in [3.05, 3.63) is 22.9 Å². The Kier molecular flexibility index (Phi) is 4.77. The Bertz CT molecular complexity index is 428. The maximum Gasteiger partial charge on any atom is 0.133 e. The fraction of sp³-hybridized carbons (Fsp3) is 0.667. The molecule has 0 atom stereocenters. The van der Waals surface area contributed by atoms with Crippen LogP contribution < -0.4 is 10.2 Å². The van der Waals surface area contributed by atoms with Crippen molar-refractivity contribution in [2.75, 3.05) is 32.2 Å². The van der Waals surface area contributed by atoms with Gasteiger partial charge in [0.2, 0.25) is 0 Å². The Morgan fingerprint density at radius 2 is 2.05 bits per heavy atom. The Balaban J connectivity index is 2.30. The van der Waals surface area contributed by atoms with Crippen LogP contribution in [0.1, 0.15) is 29.7 Å². The molecule has 4 heteroatoms. The highest BCUT2D eigenvalue weighted by atomic mass is 16.5. The number of anilines is 1. The second kappa shape index (κ2) is 6.35. The predicted molar refractivity (Wildman–Crippen MR) is 78.7 cm³/mol. The smallest absolute Gasteiger partial charge is 0.133 e. The van der Waals surface area contributed by atoms with Crippen molar-refractivity contribution in [3.63, 3.8) is 0 Å². The van der Waals surface area contributed by atoms with Gasteiger partial charge >= 0.3 is 0 Å². The number of nitrogens with one attached hydrogen (secondary N) is 1. The highest BCUT2D eigenvalue weighted by Gasteiger charge is 2.22. The molecule has 0 unspecified atom stereocenters.